The first kappa shape index (κ1) is 30.7. The second-order valence-corrected chi connectivity index (χ2v) is 14.1. The van der Waals surface area contributed by atoms with Crippen molar-refractivity contribution in [2.45, 2.75) is 116 Å². The Labute approximate surface area is 202 Å². The van der Waals surface area contributed by atoms with Crippen molar-refractivity contribution in [3.8, 4) is 0 Å². The summed E-state index contributed by atoms with van der Waals surface area (Å²) in [7, 11) is -0.898. The largest absolute Gasteiger partial charge is 1.00 e. The van der Waals surface area contributed by atoms with E-state index in [1.54, 1.807) is 0 Å². The molecule has 1 aromatic rings. The van der Waals surface area contributed by atoms with E-state index in [2.05, 4.69) is 56.6 Å². The van der Waals surface area contributed by atoms with Crippen LogP contribution in [0.4, 0.5) is 0 Å². The number of allylic oxidation sites excluding steroid dienone is 1. The fraction of sp³-hybridized carbons (Fsp3) is 0.724. The van der Waals surface area contributed by atoms with Gasteiger partial charge in [0.2, 0.25) is 0 Å². The van der Waals surface area contributed by atoms with Crippen LogP contribution < -0.4 is 12.4 Å². The Morgan fingerprint density at radius 3 is 1.52 bits per heavy atom. The Morgan fingerprint density at radius 2 is 1.10 bits per heavy atom. The molecule has 0 saturated carbocycles. The van der Waals surface area contributed by atoms with Gasteiger partial charge in [0, 0.05) is 13.9 Å². The maximum atomic E-state index is 4.04. The smallest absolute Gasteiger partial charge is 0.0843 e. The summed E-state index contributed by atoms with van der Waals surface area (Å²) in [4.78, 5) is 0. The minimum atomic E-state index is -0.898. The highest BCUT2D eigenvalue weighted by Crippen LogP contribution is 2.58. The lowest BCUT2D eigenvalue weighted by Gasteiger charge is -2.22. The third kappa shape index (κ3) is 17.9. The maximum Gasteiger partial charge on any atom is 0.0843 e. The van der Waals surface area contributed by atoms with E-state index in [1.807, 2.05) is 0 Å². The van der Waals surface area contributed by atoms with Gasteiger partial charge in [-0.25, -0.2) is 0 Å². The second-order valence-electron chi connectivity index (χ2n) is 9.76. The molecule has 0 amide bonds. The minimum absolute atomic E-state index is 0. The molecule has 0 nitrogen and oxygen atoms in total. The molecule has 1 atom stereocenters. The summed E-state index contributed by atoms with van der Waals surface area (Å²) < 4.78 is 0. The highest BCUT2D eigenvalue weighted by molar-refractivity contribution is 7.74. The van der Waals surface area contributed by atoms with Crippen molar-refractivity contribution >= 4 is 7.26 Å². The summed E-state index contributed by atoms with van der Waals surface area (Å²) >= 11 is 0. The molecule has 0 saturated heterocycles. The van der Waals surface area contributed by atoms with Gasteiger partial charge in [0.05, 0.1) is 18.5 Å². The number of hydrogen-bond donors (Lipinski definition) is 0. The van der Waals surface area contributed by atoms with Gasteiger partial charge in [-0.2, -0.15) is 0 Å². The molecule has 0 bridgehead atoms. The molecule has 1 rings (SSSR count). The lowest BCUT2D eigenvalue weighted by Crippen LogP contribution is -3.00. The first-order valence-electron chi connectivity index (χ1n) is 13.2. The van der Waals surface area contributed by atoms with Gasteiger partial charge in [-0.3, -0.25) is 0 Å². The van der Waals surface area contributed by atoms with Crippen LogP contribution in [-0.2, 0) is 6.16 Å². The van der Waals surface area contributed by atoms with E-state index in [1.165, 1.54) is 127 Å². The van der Waals surface area contributed by atoms with Crippen LogP contribution in [-0.4, -0.2) is 19.0 Å². The van der Waals surface area contributed by atoms with Crippen molar-refractivity contribution in [1.29, 1.82) is 0 Å². The van der Waals surface area contributed by atoms with E-state index in [9.17, 15) is 0 Å². The van der Waals surface area contributed by atoms with Crippen molar-refractivity contribution in [1.82, 2.24) is 0 Å². The molecule has 0 N–H and O–H groups in total. The SMILES string of the molecule is C=CC[P+](C)(CCCCCCCCCCCCCCCCCC)Cc1ccccc1.[Cl-]. The van der Waals surface area contributed by atoms with Gasteiger partial charge in [0.25, 0.3) is 0 Å². The van der Waals surface area contributed by atoms with Crippen molar-refractivity contribution in [2.75, 3.05) is 19.0 Å². The van der Waals surface area contributed by atoms with Gasteiger partial charge in [-0.1, -0.05) is 140 Å². The molecule has 31 heavy (non-hydrogen) atoms. The predicted octanol–water partition coefficient (Wildman–Crippen LogP) is 7.29. The molecule has 0 fully saturated rings. The van der Waals surface area contributed by atoms with Gasteiger partial charge in [0.15, 0.2) is 0 Å². The highest BCUT2D eigenvalue weighted by atomic mass is 35.5. The van der Waals surface area contributed by atoms with Crippen LogP contribution in [0.3, 0.4) is 0 Å². The summed E-state index contributed by atoms with van der Waals surface area (Å²) in [6, 6.07) is 11.1. The molecule has 0 aliphatic carbocycles. The van der Waals surface area contributed by atoms with Crippen molar-refractivity contribution in [2.24, 2.45) is 0 Å². The molecule has 0 heterocycles. The van der Waals surface area contributed by atoms with Crippen LogP contribution in [0.2, 0.25) is 0 Å². The van der Waals surface area contributed by atoms with Crippen LogP contribution in [0.15, 0.2) is 43.0 Å². The molecule has 0 radical (unpaired) electrons. The number of benzene rings is 1. The summed E-state index contributed by atoms with van der Waals surface area (Å²) in [5, 5.41) is 0. The predicted molar refractivity (Wildman–Crippen MR) is 142 cm³/mol. The van der Waals surface area contributed by atoms with E-state index in [0.29, 0.717) is 0 Å². The van der Waals surface area contributed by atoms with Crippen LogP contribution in [0.1, 0.15) is 115 Å². The number of halogens is 1. The fourth-order valence-corrected chi connectivity index (χ4v) is 7.78. The molecule has 0 aliphatic rings. The average Bonchev–Trinajstić information content (AvgIpc) is 2.74. The fourth-order valence-electron chi connectivity index (χ4n) is 4.61. The first-order valence-corrected chi connectivity index (χ1v) is 16.0. The standard InChI is InChI=1S/C29H52P.ClH/c1-4-6-7-8-9-10-11-12-13-14-15-16-17-18-19-23-27-30(3,26-5-2)28-29-24-21-20-22-25-29;/h5,20-22,24-25H,2,4,6-19,23,26-28H2,1,3H3;1H/q+1;/p-1. The normalized spacial score (nSPS) is 12.8. The first-order chi connectivity index (χ1) is 14.7. The summed E-state index contributed by atoms with van der Waals surface area (Å²) in [5.74, 6) is 0. The summed E-state index contributed by atoms with van der Waals surface area (Å²) in [5.41, 5.74) is 1.52. The third-order valence-corrected chi connectivity index (χ3v) is 10.2. The van der Waals surface area contributed by atoms with Crippen molar-refractivity contribution in [3.63, 3.8) is 0 Å². The molecule has 180 valence electrons. The zero-order valence-corrected chi connectivity index (χ0v) is 22.6. The van der Waals surface area contributed by atoms with E-state index in [-0.39, 0.29) is 12.4 Å². The monoisotopic (exact) mass is 466 g/mol. The van der Waals surface area contributed by atoms with Crippen LogP contribution in [0.5, 0.6) is 0 Å². The van der Waals surface area contributed by atoms with E-state index in [0.717, 1.165) is 0 Å². The Morgan fingerprint density at radius 1 is 0.677 bits per heavy atom. The van der Waals surface area contributed by atoms with E-state index < -0.39 is 7.26 Å². The summed E-state index contributed by atoms with van der Waals surface area (Å²) in [6.45, 7) is 8.90. The summed E-state index contributed by atoms with van der Waals surface area (Å²) in [6.07, 6.45) is 29.4. The van der Waals surface area contributed by atoms with Crippen LogP contribution >= 0.6 is 7.26 Å². The molecule has 2 heteroatoms. The Kier molecular flexibility index (Phi) is 21.3. The minimum Gasteiger partial charge on any atom is -1.00 e. The molecule has 0 aliphatic heterocycles. The average molecular weight is 467 g/mol. The molecular formula is C29H52ClP. The molecule has 0 aromatic heterocycles. The maximum absolute atomic E-state index is 4.04. The van der Waals surface area contributed by atoms with Gasteiger partial charge >= 0.3 is 0 Å². The number of unbranched alkanes of at least 4 members (excludes halogenated alkanes) is 15. The van der Waals surface area contributed by atoms with Crippen LogP contribution in [0.25, 0.3) is 0 Å². The van der Waals surface area contributed by atoms with E-state index >= 15 is 0 Å². The Bertz CT molecular complexity index is 501. The highest BCUT2D eigenvalue weighted by Gasteiger charge is 2.29. The zero-order chi connectivity index (χ0) is 21.8. The van der Waals surface area contributed by atoms with Gasteiger partial charge in [0.1, 0.15) is 0 Å². The van der Waals surface area contributed by atoms with Crippen molar-refractivity contribution in [3.05, 3.63) is 48.6 Å². The van der Waals surface area contributed by atoms with E-state index in [4.69, 9.17) is 0 Å². The third-order valence-electron chi connectivity index (χ3n) is 6.53. The van der Waals surface area contributed by atoms with Gasteiger partial charge in [-0.15, -0.1) is 0 Å². The number of rotatable bonds is 21. The number of hydrogen-bond acceptors (Lipinski definition) is 0. The quantitative estimate of drug-likeness (QED) is 0.101. The lowest BCUT2D eigenvalue weighted by molar-refractivity contribution is -0.00000668. The topological polar surface area (TPSA) is 0 Å². The Hall–Kier alpha value is -0.320. The Balaban J connectivity index is 0.00000900. The van der Waals surface area contributed by atoms with Crippen LogP contribution in [0, 0.1) is 0 Å². The molecule has 0 spiro atoms. The van der Waals surface area contributed by atoms with Crippen molar-refractivity contribution < 1.29 is 12.4 Å². The molecular weight excluding hydrogens is 415 g/mol. The second kappa shape index (κ2) is 21.5. The molecule has 1 aromatic carbocycles. The molecule has 1 unspecified atom stereocenters. The zero-order valence-electron chi connectivity index (χ0n) is 20.9. The van der Waals surface area contributed by atoms with Gasteiger partial charge in [-0.05, 0) is 18.4 Å². The lowest BCUT2D eigenvalue weighted by atomic mass is 10.0. The van der Waals surface area contributed by atoms with Gasteiger partial charge < -0.3 is 12.4 Å².